The molecule has 3 N–H and O–H groups in total. The number of aliphatic hydroxyl groups excluding tert-OH is 2. The Kier molecular flexibility index (Phi) is 9.47. The quantitative estimate of drug-likeness (QED) is 0.497. The van der Waals surface area contributed by atoms with Crippen molar-refractivity contribution in [2.24, 2.45) is 0 Å². The van der Waals surface area contributed by atoms with Crippen molar-refractivity contribution in [3.63, 3.8) is 0 Å². The first-order valence-electron chi connectivity index (χ1n) is 5.42. The molecule has 0 aliphatic heterocycles. The van der Waals surface area contributed by atoms with Crippen LogP contribution in [-0.4, -0.2) is 68.4 Å². The number of ether oxygens (including phenoxy) is 2. The van der Waals surface area contributed by atoms with E-state index >= 15 is 0 Å². The highest BCUT2D eigenvalue weighted by Crippen LogP contribution is 1.98. The molecule has 0 radical (unpaired) electrons. The van der Waals surface area contributed by atoms with Gasteiger partial charge in [0.25, 0.3) is 6.43 Å². The minimum atomic E-state index is -2.78. The molecule has 104 valence electrons. The fourth-order valence-corrected chi connectivity index (χ4v) is 1.10. The van der Waals surface area contributed by atoms with Crippen LogP contribution >= 0.6 is 0 Å². The second-order valence-corrected chi connectivity index (χ2v) is 3.81. The van der Waals surface area contributed by atoms with E-state index in [0.717, 1.165) is 0 Å². The van der Waals surface area contributed by atoms with Crippen molar-refractivity contribution in [1.29, 1.82) is 0 Å². The van der Waals surface area contributed by atoms with E-state index in [-0.39, 0.29) is 25.8 Å². The summed E-state index contributed by atoms with van der Waals surface area (Å²) in [4.78, 5) is 0. The molecule has 0 spiro atoms. The number of hydrogen-bond donors (Lipinski definition) is 3. The minimum Gasteiger partial charge on any atom is -0.389 e. The van der Waals surface area contributed by atoms with Crippen molar-refractivity contribution < 1.29 is 28.5 Å². The van der Waals surface area contributed by atoms with Crippen LogP contribution in [0.3, 0.4) is 0 Å². The van der Waals surface area contributed by atoms with Crippen molar-refractivity contribution in [2.75, 3.05) is 33.4 Å². The molecule has 0 amide bonds. The molecular weight excluding hydrogens is 236 g/mol. The fourth-order valence-electron chi connectivity index (χ4n) is 1.10. The van der Waals surface area contributed by atoms with Gasteiger partial charge in [0.1, 0.15) is 6.10 Å². The van der Waals surface area contributed by atoms with E-state index in [1.54, 1.807) is 14.0 Å². The largest absolute Gasteiger partial charge is 0.389 e. The van der Waals surface area contributed by atoms with E-state index in [1.165, 1.54) is 0 Å². The molecule has 0 rings (SSSR count). The Morgan fingerprint density at radius 1 is 1.18 bits per heavy atom. The topological polar surface area (TPSA) is 71.0 Å². The molecule has 0 heterocycles. The number of aliphatic hydroxyl groups is 2. The van der Waals surface area contributed by atoms with E-state index in [1.807, 2.05) is 0 Å². The SMILES string of the molecule is COCC(C)OCC(O)CNCC(O)C(F)F. The summed E-state index contributed by atoms with van der Waals surface area (Å²) in [6, 6.07) is 0. The average Bonchev–Trinajstić information content (AvgIpc) is 2.26. The van der Waals surface area contributed by atoms with Crippen LogP contribution in [0.2, 0.25) is 0 Å². The van der Waals surface area contributed by atoms with Crippen LogP contribution in [0.25, 0.3) is 0 Å². The minimum absolute atomic E-state index is 0.0856. The first-order valence-corrected chi connectivity index (χ1v) is 5.42. The lowest BCUT2D eigenvalue weighted by molar-refractivity contribution is -0.0341. The Morgan fingerprint density at radius 2 is 1.82 bits per heavy atom. The molecule has 0 aliphatic rings. The molecule has 3 atom stereocenters. The summed E-state index contributed by atoms with van der Waals surface area (Å²) < 4.78 is 33.9. The molecule has 0 aromatic heterocycles. The van der Waals surface area contributed by atoms with Crippen molar-refractivity contribution in [2.45, 2.75) is 31.7 Å². The highest BCUT2D eigenvalue weighted by molar-refractivity contribution is 4.65. The molecule has 0 aliphatic carbocycles. The van der Waals surface area contributed by atoms with Crippen LogP contribution in [0, 0.1) is 0 Å². The Balaban J connectivity index is 3.49. The van der Waals surface area contributed by atoms with Gasteiger partial charge in [-0.3, -0.25) is 0 Å². The van der Waals surface area contributed by atoms with Gasteiger partial charge < -0.3 is 25.0 Å². The molecule has 0 saturated heterocycles. The van der Waals surface area contributed by atoms with Gasteiger partial charge in [0.05, 0.1) is 25.4 Å². The molecule has 7 heteroatoms. The lowest BCUT2D eigenvalue weighted by Crippen LogP contribution is -2.38. The monoisotopic (exact) mass is 257 g/mol. The molecule has 0 aromatic rings. The maximum atomic E-state index is 11.9. The molecule has 0 saturated carbocycles. The van der Waals surface area contributed by atoms with E-state index in [9.17, 15) is 13.9 Å². The van der Waals surface area contributed by atoms with Gasteiger partial charge in [0.2, 0.25) is 0 Å². The van der Waals surface area contributed by atoms with Crippen LogP contribution in [0.15, 0.2) is 0 Å². The predicted octanol–water partition coefficient (Wildman–Crippen LogP) is -0.386. The first kappa shape index (κ1) is 16.7. The standard InChI is InChI=1S/C10H21F2NO4/c1-7(5-16-2)17-6-8(14)3-13-4-9(15)10(11)12/h7-10,13-15H,3-6H2,1-2H3. The Morgan fingerprint density at radius 3 is 2.35 bits per heavy atom. The van der Waals surface area contributed by atoms with Gasteiger partial charge in [-0.1, -0.05) is 0 Å². The number of halogens is 2. The van der Waals surface area contributed by atoms with Gasteiger partial charge in [-0.05, 0) is 6.92 Å². The van der Waals surface area contributed by atoms with Crippen molar-refractivity contribution in [3.05, 3.63) is 0 Å². The van der Waals surface area contributed by atoms with E-state index in [0.29, 0.717) is 6.61 Å². The predicted molar refractivity (Wildman–Crippen MR) is 58.2 cm³/mol. The van der Waals surface area contributed by atoms with Crippen LogP contribution < -0.4 is 5.32 Å². The van der Waals surface area contributed by atoms with Crippen LogP contribution in [0.5, 0.6) is 0 Å². The number of alkyl halides is 2. The molecule has 0 fully saturated rings. The van der Waals surface area contributed by atoms with Gasteiger partial charge in [-0.2, -0.15) is 0 Å². The van der Waals surface area contributed by atoms with Gasteiger partial charge >= 0.3 is 0 Å². The number of nitrogens with one attached hydrogen (secondary N) is 1. The maximum absolute atomic E-state index is 11.9. The van der Waals surface area contributed by atoms with E-state index in [4.69, 9.17) is 14.6 Å². The third-order valence-electron chi connectivity index (χ3n) is 2.00. The van der Waals surface area contributed by atoms with E-state index < -0.39 is 18.6 Å². The highest BCUT2D eigenvalue weighted by Gasteiger charge is 2.16. The van der Waals surface area contributed by atoms with Crippen molar-refractivity contribution >= 4 is 0 Å². The van der Waals surface area contributed by atoms with Gasteiger partial charge in [-0.15, -0.1) is 0 Å². The molecular formula is C10H21F2NO4. The van der Waals surface area contributed by atoms with Crippen molar-refractivity contribution in [3.8, 4) is 0 Å². The summed E-state index contributed by atoms with van der Waals surface area (Å²) in [5, 5.41) is 20.7. The third kappa shape index (κ3) is 9.37. The molecule has 0 bridgehead atoms. The third-order valence-corrected chi connectivity index (χ3v) is 2.00. The molecule has 0 aromatic carbocycles. The number of hydrogen-bond acceptors (Lipinski definition) is 5. The second kappa shape index (κ2) is 9.67. The van der Waals surface area contributed by atoms with Gasteiger partial charge in [0.15, 0.2) is 0 Å². The van der Waals surface area contributed by atoms with Crippen LogP contribution in [0.1, 0.15) is 6.92 Å². The summed E-state index contributed by atoms with van der Waals surface area (Å²) in [7, 11) is 1.55. The zero-order valence-electron chi connectivity index (χ0n) is 10.1. The van der Waals surface area contributed by atoms with Crippen LogP contribution in [0.4, 0.5) is 8.78 Å². The van der Waals surface area contributed by atoms with Gasteiger partial charge in [0, 0.05) is 20.2 Å². The normalized spacial score (nSPS) is 17.1. The summed E-state index contributed by atoms with van der Waals surface area (Å²) in [5.74, 6) is 0. The summed E-state index contributed by atoms with van der Waals surface area (Å²) in [6.45, 7) is 2.13. The average molecular weight is 257 g/mol. The molecule has 3 unspecified atom stereocenters. The first-order chi connectivity index (χ1) is 7.97. The molecule has 17 heavy (non-hydrogen) atoms. The van der Waals surface area contributed by atoms with E-state index in [2.05, 4.69) is 5.32 Å². The van der Waals surface area contributed by atoms with Gasteiger partial charge in [-0.25, -0.2) is 8.78 Å². The zero-order chi connectivity index (χ0) is 13.3. The fraction of sp³-hybridized carbons (Fsp3) is 1.00. The second-order valence-electron chi connectivity index (χ2n) is 3.81. The summed E-state index contributed by atoms with van der Waals surface area (Å²) in [5.41, 5.74) is 0. The Bertz CT molecular complexity index is 186. The Labute approximate surface area is 99.7 Å². The summed E-state index contributed by atoms with van der Waals surface area (Å²) >= 11 is 0. The summed E-state index contributed by atoms with van der Waals surface area (Å²) in [6.07, 6.45) is -5.44. The lowest BCUT2D eigenvalue weighted by Gasteiger charge is -2.17. The van der Waals surface area contributed by atoms with Crippen LogP contribution in [-0.2, 0) is 9.47 Å². The lowest BCUT2D eigenvalue weighted by atomic mass is 10.3. The number of methoxy groups -OCH3 is 1. The van der Waals surface area contributed by atoms with Crippen molar-refractivity contribution in [1.82, 2.24) is 5.32 Å². The maximum Gasteiger partial charge on any atom is 0.265 e. The highest BCUT2D eigenvalue weighted by atomic mass is 19.3. The smallest absolute Gasteiger partial charge is 0.265 e. The Hall–Kier alpha value is -0.340. The zero-order valence-corrected chi connectivity index (χ0v) is 10.1. The molecule has 5 nitrogen and oxygen atoms in total. The number of rotatable bonds is 10.